The fourth-order valence-electron chi connectivity index (χ4n) is 6.04. The Labute approximate surface area is 263 Å². The summed E-state index contributed by atoms with van der Waals surface area (Å²) in [6, 6.07) is 36.1. The van der Waals surface area contributed by atoms with Gasteiger partial charge in [0.05, 0.1) is 16.9 Å². The van der Waals surface area contributed by atoms with Crippen LogP contribution < -0.4 is 0 Å². The van der Waals surface area contributed by atoms with Crippen LogP contribution in [-0.2, 0) is 20.1 Å². The van der Waals surface area contributed by atoms with E-state index in [-0.39, 0.29) is 25.9 Å². The zero-order valence-electron chi connectivity index (χ0n) is 23.9. The quantitative estimate of drug-likeness (QED) is 0.160. The van der Waals surface area contributed by atoms with Gasteiger partial charge >= 0.3 is 0 Å². The largest absolute Gasteiger partial charge is 0.333 e. The number of imidazole rings is 1. The second kappa shape index (κ2) is 11.2. The van der Waals surface area contributed by atoms with Crippen LogP contribution in [0.3, 0.4) is 0 Å². The Bertz CT molecular complexity index is 2050. The van der Waals surface area contributed by atoms with E-state index >= 15 is 0 Å². The first-order chi connectivity index (χ1) is 19.9. The van der Waals surface area contributed by atoms with Crippen molar-refractivity contribution in [2.24, 2.45) is 0 Å². The number of benzene rings is 5. The van der Waals surface area contributed by atoms with Crippen molar-refractivity contribution in [2.75, 3.05) is 0 Å². The maximum absolute atomic E-state index is 15.0. The Hall–Kier alpha value is -3.63. The predicted octanol–water partition coefficient (Wildman–Crippen LogP) is 10.9. The van der Waals surface area contributed by atoms with Crippen LogP contribution in [0.4, 0.5) is 4.39 Å². The molecule has 0 aliphatic rings. The molecule has 42 heavy (non-hydrogen) atoms. The summed E-state index contributed by atoms with van der Waals surface area (Å²) < 4.78 is 19.3. The van der Waals surface area contributed by atoms with Gasteiger partial charge < -0.3 is 4.57 Å². The fraction of sp³-hybridized carbons (Fsp3) is 0.162. The van der Waals surface area contributed by atoms with E-state index in [0.717, 1.165) is 53.7 Å². The number of halogens is 1. The maximum atomic E-state index is 15.0. The van der Waals surface area contributed by atoms with Crippen molar-refractivity contribution in [2.45, 2.75) is 39.5 Å². The fourth-order valence-corrected chi connectivity index (χ4v) is 7.28. The molecule has 0 saturated heterocycles. The predicted molar refractivity (Wildman–Crippen MR) is 172 cm³/mol. The van der Waals surface area contributed by atoms with Crippen LogP contribution in [0, 0.1) is 11.9 Å². The molecule has 0 unspecified atom stereocenters. The molecule has 0 aliphatic carbocycles. The number of hydrogen-bond acceptors (Lipinski definition) is 2. The normalized spacial score (nSPS) is 11.7. The number of thiophene rings is 1. The Morgan fingerprint density at radius 3 is 2.21 bits per heavy atom. The van der Waals surface area contributed by atoms with Gasteiger partial charge in [-0.25, -0.2) is 4.39 Å². The number of rotatable bonds is 5. The molecule has 0 aliphatic heterocycles. The third kappa shape index (κ3) is 4.61. The molecule has 5 aromatic carbocycles. The molecule has 0 bridgehead atoms. The van der Waals surface area contributed by atoms with Gasteiger partial charge in [-0.15, -0.1) is 18.2 Å². The van der Waals surface area contributed by atoms with E-state index in [1.165, 1.54) is 16.8 Å². The van der Waals surface area contributed by atoms with E-state index in [2.05, 4.69) is 80.8 Å². The average molecular weight is 746 g/mol. The van der Waals surface area contributed by atoms with Gasteiger partial charge in [-0.1, -0.05) is 99.3 Å². The molecule has 211 valence electrons. The maximum Gasteiger partial charge on any atom is 0.125 e. The molecule has 0 spiro atoms. The average Bonchev–Trinajstić information content (AvgIpc) is 3.55. The summed E-state index contributed by atoms with van der Waals surface area (Å²) in [6.07, 6.45) is 0. The molecule has 2 heterocycles. The zero-order valence-corrected chi connectivity index (χ0v) is 27.1. The van der Waals surface area contributed by atoms with Gasteiger partial charge in [-0.05, 0) is 68.4 Å². The summed E-state index contributed by atoms with van der Waals surface area (Å²) in [5.74, 6) is 1.30. The molecule has 0 saturated carbocycles. The Morgan fingerprint density at radius 1 is 0.810 bits per heavy atom. The molecule has 0 atom stereocenters. The molecule has 0 fully saturated rings. The topological polar surface area (TPSA) is 17.8 Å². The first kappa shape index (κ1) is 28.5. The summed E-state index contributed by atoms with van der Waals surface area (Å²) in [5.41, 5.74) is 8.64. The van der Waals surface area contributed by atoms with Gasteiger partial charge in [-0.2, -0.15) is 11.3 Å². The summed E-state index contributed by atoms with van der Waals surface area (Å²) in [4.78, 5) is 5.24. The van der Waals surface area contributed by atoms with Crippen LogP contribution in [0.1, 0.15) is 50.7 Å². The van der Waals surface area contributed by atoms with Crippen LogP contribution >= 0.6 is 11.3 Å². The van der Waals surface area contributed by atoms with Crippen LogP contribution in [-0.4, -0.2) is 9.55 Å². The Kier molecular flexibility index (Phi) is 7.61. The number of nitrogens with zero attached hydrogens (tertiary/aromatic N) is 2. The molecule has 2 aromatic heterocycles. The van der Waals surface area contributed by atoms with Crippen LogP contribution in [0.25, 0.3) is 59.4 Å². The van der Waals surface area contributed by atoms with E-state index in [1.54, 1.807) is 23.5 Å². The molecule has 0 N–H and O–H groups in total. The van der Waals surface area contributed by atoms with Crippen molar-refractivity contribution >= 4 is 42.5 Å². The molecule has 7 rings (SSSR count). The Balaban J connectivity index is 0.00000316. The van der Waals surface area contributed by atoms with E-state index in [9.17, 15) is 4.39 Å². The van der Waals surface area contributed by atoms with Crippen molar-refractivity contribution < 1.29 is 24.5 Å². The number of para-hydroxylation sites is 3. The van der Waals surface area contributed by atoms with Crippen LogP contribution in [0.5, 0.6) is 0 Å². The van der Waals surface area contributed by atoms with Crippen molar-refractivity contribution in [3.63, 3.8) is 0 Å². The van der Waals surface area contributed by atoms with E-state index in [0.29, 0.717) is 11.8 Å². The zero-order chi connectivity index (χ0) is 28.2. The van der Waals surface area contributed by atoms with Gasteiger partial charge in [0.1, 0.15) is 5.82 Å². The van der Waals surface area contributed by atoms with Gasteiger partial charge in [-0.3, -0.25) is 4.98 Å². The molecule has 0 amide bonds. The second-order valence-electron chi connectivity index (χ2n) is 11.2. The molecule has 2 nitrogen and oxygen atoms in total. The summed E-state index contributed by atoms with van der Waals surface area (Å²) in [6.45, 7) is 9.00. The minimum atomic E-state index is -0.229. The minimum absolute atomic E-state index is 0. The summed E-state index contributed by atoms with van der Waals surface area (Å²) in [7, 11) is 0. The van der Waals surface area contributed by atoms with Gasteiger partial charge in [0.2, 0.25) is 0 Å². The first-order valence-corrected chi connectivity index (χ1v) is 15.0. The molecular weight excluding hydrogens is 716 g/mol. The van der Waals surface area contributed by atoms with Crippen molar-refractivity contribution in [3.8, 4) is 28.2 Å². The minimum Gasteiger partial charge on any atom is -0.333 e. The molecular formula is C37H30FIrN2S-. The summed E-state index contributed by atoms with van der Waals surface area (Å²) >= 11 is 1.62. The number of fused-ring (bicyclic) bond motifs is 4. The molecule has 7 aromatic rings. The van der Waals surface area contributed by atoms with Crippen LogP contribution in [0.2, 0.25) is 0 Å². The van der Waals surface area contributed by atoms with Crippen molar-refractivity contribution in [3.05, 3.63) is 120 Å². The smallest absolute Gasteiger partial charge is 0.125 e. The molecule has 1 radical (unpaired) electrons. The van der Waals surface area contributed by atoms with Gasteiger partial charge in [0.25, 0.3) is 0 Å². The van der Waals surface area contributed by atoms with Gasteiger partial charge in [0, 0.05) is 30.5 Å². The summed E-state index contributed by atoms with van der Waals surface area (Å²) in [5, 5.41) is 2.17. The second-order valence-corrected chi connectivity index (χ2v) is 12.3. The number of hydrogen-bond donors (Lipinski definition) is 0. The van der Waals surface area contributed by atoms with Gasteiger partial charge in [0.15, 0.2) is 0 Å². The third-order valence-corrected chi connectivity index (χ3v) is 9.10. The monoisotopic (exact) mass is 746 g/mol. The standard InChI is InChI=1S/C37H30FN2S.Ir/c1-22(2)26-14-10-15-27(23(3)4)35(26)40-32-19-9-8-18-31(32)39-37(40)29-17-11-16-28-34-30(24-12-6-5-7-13-24)20-25(38)21-33(34)41-36(28)29;/h5-16,18-23H,1-4H3;/q-1;. The third-order valence-electron chi connectivity index (χ3n) is 7.93. The van der Waals surface area contributed by atoms with Crippen LogP contribution in [0.15, 0.2) is 97.1 Å². The van der Waals surface area contributed by atoms with E-state index in [1.807, 2.05) is 42.5 Å². The van der Waals surface area contributed by atoms with E-state index < -0.39 is 0 Å². The van der Waals surface area contributed by atoms with Crippen molar-refractivity contribution in [1.29, 1.82) is 0 Å². The Morgan fingerprint density at radius 2 is 1.50 bits per heavy atom. The number of aromatic nitrogens is 2. The van der Waals surface area contributed by atoms with E-state index in [4.69, 9.17) is 4.98 Å². The first-order valence-electron chi connectivity index (χ1n) is 14.1. The molecule has 5 heteroatoms. The SMILES string of the molecule is CC(C)c1cccc(C(C)C)c1-n1c(-c2[c-]ccc3c2sc2cc(F)cc(-c4ccccc4)c23)nc2ccccc21.[Ir]. The van der Waals surface area contributed by atoms with Crippen molar-refractivity contribution in [1.82, 2.24) is 9.55 Å².